The van der Waals surface area contributed by atoms with Gasteiger partial charge in [0, 0.05) is 33.4 Å². The highest BCUT2D eigenvalue weighted by Crippen LogP contribution is 2.63. The highest BCUT2D eigenvalue weighted by Gasteiger charge is 2.51. The van der Waals surface area contributed by atoms with Crippen molar-refractivity contribution in [2.24, 2.45) is 0 Å². The van der Waals surface area contributed by atoms with Crippen LogP contribution in [0, 0.1) is 0 Å². The third kappa shape index (κ3) is 3.87. The maximum Gasteiger partial charge on any atom is 0.143 e. The van der Waals surface area contributed by atoms with Gasteiger partial charge in [0.1, 0.15) is 11.2 Å². The Hall–Kier alpha value is -6.64. The van der Waals surface area contributed by atoms with Crippen LogP contribution in [0.5, 0.6) is 0 Å². The van der Waals surface area contributed by atoms with Crippen molar-refractivity contribution in [1.82, 2.24) is 0 Å². The topological polar surface area (TPSA) is 16.4 Å². The van der Waals surface area contributed by atoms with Crippen molar-refractivity contribution in [3.63, 3.8) is 0 Å². The standard InChI is InChI=1S/C49H31NO/c1-2-13-33(14-3-1)50(34-27-25-32(26-28-34)36-19-12-20-41-40-18-7-11-24-47(40)51-48(36)41)35-29-30-46-42(31-35)39-17-6-10-23-45(39)49(46)43-21-8-4-15-37(43)38-16-5-9-22-44(38)49/h1-31H. The lowest BCUT2D eigenvalue weighted by Crippen LogP contribution is -2.25. The van der Waals surface area contributed by atoms with Crippen LogP contribution in [0.2, 0.25) is 0 Å². The highest BCUT2D eigenvalue weighted by atomic mass is 16.3. The number of furan rings is 1. The first-order valence-corrected chi connectivity index (χ1v) is 17.6. The first-order chi connectivity index (χ1) is 25.3. The van der Waals surface area contributed by atoms with E-state index in [0.717, 1.165) is 50.1 Å². The van der Waals surface area contributed by atoms with Crippen molar-refractivity contribution >= 4 is 39.0 Å². The zero-order valence-electron chi connectivity index (χ0n) is 27.8. The molecule has 1 aromatic heterocycles. The van der Waals surface area contributed by atoms with Crippen LogP contribution in [-0.4, -0.2) is 0 Å². The van der Waals surface area contributed by atoms with Gasteiger partial charge in [0.05, 0.1) is 5.41 Å². The molecule has 238 valence electrons. The van der Waals surface area contributed by atoms with Gasteiger partial charge >= 0.3 is 0 Å². The van der Waals surface area contributed by atoms with Crippen LogP contribution >= 0.6 is 0 Å². The normalized spacial score (nSPS) is 13.3. The van der Waals surface area contributed by atoms with E-state index in [0.29, 0.717) is 0 Å². The van der Waals surface area contributed by atoms with Gasteiger partial charge in [-0.2, -0.15) is 0 Å². The number of anilines is 3. The molecule has 0 bridgehead atoms. The average Bonchev–Trinajstić information content (AvgIpc) is 3.83. The Kier molecular flexibility index (Phi) is 5.91. The zero-order chi connectivity index (χ0) is 33.5. The quantitative estimate of drug-likeness (QED) is 0.189. The molecule has 11 rings (SSSR count). The Balaban J connectivity index is 1.08. The monoisotopic (exact) mass is 649 g/mol. The molecule has 8 aromatic carbocycles. The first-order valence-electron chi connectivity index (χ1n) is 17.6. The van der Waals surface area contributed by atoms with Crippen molar-refractivity contribution in [2.45, 2.75) is 5.41 Å². The lowest BCUT2D eigenvalue weighted by molar-refractivity contribution is 0.670. The molecule has 2 heteroatoms. The van der Waals surface area contributed by atoms with Crippen molar-refractivity contribution in [1.29, 1.82) is 0 Å². The van der Waals surface area contributed by atoms with Crippen LogP contribution in [0.4, 0.5) is 17.1 Å². The Bertz CT molecular complexity index is 2760. The summed E-state index contributed by atoms with van der Waals surface area (Å²) in [4.78, 5) is 2.37. The van der Waals surface area contributed by atoms with Gasteiger partial charge in [0.15, 0.2) is 0 Å². The lowest BCUT2D eigenvalue weighted by atomic mass is 9.70. The molecule has 2 aliphatic carbocycles. The number of hydrogen-bond donors (Lipinski definition) is 0. The van der Waals surface area contributed by atoms with E-state index in [9.17, 15) is 0 Å². The smallest absolute Gasteiger partial charge is 0.143 e. The minimum atomic E-state index is -0.353. The van der Waals surface area contributed by atoms with E-state index >= 15 is 0 Å². The van der Waals surface area contributed by atoms with E-state index in [4.69, 9.17) is 4.42 Å². The molecular formula is C49H31NO. The highest BCUT2D eigenvalue weighted by molar-refractivity contribution is 6.09. The molecule has 0 radical (unpaired) electrons. The summed E-state index contributed by atoms with van der Waals surface area (Å²) in [5, 5.41) is 2.28. The number of rotatable bonds is 4. The Labute approximate surface area is 296 Å². The van der Waals surface area contributed by atoms with E-state index < -0.39 is 0 Å². The Morgan fingerprint density at radius 3 is 1.57 bits per heavy atom. The minimum absolute atomic E-state index is 0.353. The van der Waals surface area contributed by atoms with E-state index in [1.165, 1.54) is 44.5 Å². The fourth-order valence-electron chi connectivity index (χ4n) is 9.02. The molecule has 0 N–H and O–H groups in total. The summed E-state index contributed by atoms with van der Waals surface area (Å²) >= 11 is 0. The molecule has 0 atom stereocenters. The second kappa shape index (κ2) is 10.7. The van der Waals surface area contributed by atoms with Gasteiger partial charge in [-0.15, -0.1) is 0 Å². The number of nitrogens with zero attached hydrogens (tertiary/aromatic N) is 1. The van der Waals surface area contributed by atoms with Crippen LogP contribution in [-0.2, 0) is 5.41 Å². The predicted molar refractivity (Wildman–Crippen MR) is 210 cm³/mol. The van der Waals surface area contributed by atoms with E-state index in [1.807, 2.05) is 12.1 Å². The third-order valence-electron chi connectivity index (χ3n) is 11.1. The van der Waals surface area contributed by atoms with Gasteiger partial charge in [0.25, 0.3) is 0 Å². The average molecular weight is 650 g/mol. The summed E-state index contributed by atoms with van der Waals surface area (Å²) in [5.41, 5.74) is 17.7. The van der Waals surface area contributed by atoms with Crippen molar-refractivity contribution in [3.8, 4) is 33.4 Å². The number of fused-ring (bicyclic) bond motifs is 13. The summed E-state index contributed by atoms with van der Waals surface area (Å²) in [6.07, 6.45) is 0. The largest absolute Gasteiger partial charge is 0.455 e. The zero-order valence-corrected chi connectivity index (χ0v) is 27.8. The summed E-state index contributed by atoms with van der Waals surface area (Å²) in [6.45, 7) is 0. The predicted octanol–water partition coefficient (Wildman–Crippen LogP) is 13.1. The fourth-order valence-corrected chi connectivity index (χ4v) is 9.02. The van der Waals surface area contributed by atoms with Crippen LogP contribution < -0.4 is 4.90 Å². The lowest BCUT2D eigenvalue weighted by Gasteiger charge is -2.31. The maximum absolute atomic E-state index is 6.40. The first kappa shape index (κ1) is 28.2. The summed E-state index contributed by atoms with van der Waals surface area (Å²) in [7, 11) is 0. The molecule has 51 heavy (non-hydrogen) atoms. The molecular weight excluding hydrogens is 619 g/mol. The van der Waals surface area contributed by atoms with Crippen molar-refractivity contribution < 1.29 is 4.42 Å². The number of para-hydroxylation sites is 3. The summed E-state index contributed by atoms with van der Waals surface area (Å²) in [5.74, 6) is 0. The van der Waals surface area contributed by atoms with Gasteiger partial charge in [-0.05, 0) is 92.5 Å². The van der Waals surface area contributed by atoms with Crippen LogP contribution in [0.1, 0.15) is 22.3 Å². The molecule has 1 spiro atoms. The van der Waals surface area contributed by atoms with Crippen LogP contribution in [0.25, 0.3) is 55.3 Å². The molecule has 0 unspecified atom stereocenters. The van der Waals surface area contributed by atoms with Crippen LogP contribution in [0.15, 0.2) is 192 Å². The second-order valence-electron chi connectivity index (χ2n) is 13.6. The number of benzene rings is 8. The molecule has 0 fully saturated rings. The second-order valence-corrected chi connectivity index (χ2v) is 13.6. The van der Waals surface area contributed by atoms with Crippen molar-refractivity contribution in [3.05, 3.63) is 210 Å². The van der Waals surface area contributed by atoms with Gasteiger partial charge in [0.2, 0.25) is 0 Å². The van der Waals surface area contributed by atoms with Gasteiger partial charge < -0.3 is 9.32 Å². The SMILES string of the molecule is c1ccc(N(c2ccc(-c3cccc4c3oc3ccccc34)cc2)c2ccc3c(c2)-c2ccccc2C32c3ccccc3-c3ccccc32)cc1. The van der Waals surface area contributed by atoms with E-state index in [2.05, 4.69) is 181 Å². The molecule has 2 nitrogen and oxygen atoms in total. The Morgan fingerprint density at radius 1 is 0.353 bits per heavy atom. The number of hydrogen-bond acceptors (Lipinski definition) is 2. The molecule has 0 saturated carbocycles. The van der Waals surface area contributed by atoms with Gasteiger partial charge in [-0.25, -0.2) is 0 Å². The van der Waals surface area contributed by atoms with Crippen LogP contribution in [0.3, 0.4) is 0 Å². The molecule has 2 aliphatic rings. The minimum Gasteiger partial charge on any atom is -0.455 e. The molecule has 0 aliphatic heterocycles. The molecule has 0 saturated heterocycles. The molecule has 9 aromatic rings. The molecule has 1 heterocycles. The fraction of sp³-hybridized carbons (Fsp3) is 0.0204. The summed E-state index contributed by atoms with van der Waals surface area (Å²) in [6, 6.07) is 68.4. The molecule has 0 amide bonds. The van der Waals surface area contributed by atoms with Gasteiger partial charge in [-0.3, -0.25) is 0 Å². The third-order valence-corrected chi connectivity index (χ3v) is 11.1. The maximum atomic E-state index is 6.40. The van der Waals surface area contributed by atoms with E-state index in [1.54, 1.807) is 0 Å². The van der Waals surface area contributed by atoms with E-state index in [-0.39, 0.29) is 5.41 Å². The Morgan fingerprint density at radius 2 is 0.863 bits per heavy atom. The van der Waals surface area contributed by atoms with Gasteiger partial charge in [-0.1, -0.05) is 146 Å². The van der Waals surface area contributed by atoms with Crippen molar-refractivity contribution in [2.75, 3.05) is 4.90 Å². The summed E-state index contributed by atoms with van der Waals surface area (Å²) < 4.78 is 6.40.